The third-order valence-corrected chi connectivity index (χ3v) is 5.08. The van der Waals surface area contributed by atoms with Crippen LogP contribution in [0.25, 0.3) is 0 Å². The van der Waals surface area contributed by atoms with Crippen LogP contribution in [0.2, 0.25) is 0 Å². The highest BCUT2D eigenvalue weighted by molar-refractivity contribution is 5.92. The second-order valence-corrected chi connectivity index (χ2v) is 6.11. The molecule has 0 radical (unpaired) electrons. The van der Waals surface area contributed by atoms with Gasteiger partial charge in [0.1, 0.15) is 5.69 Å². The van der Waals surface area contributed by atoms with Crippen molar-refractivity contribution in [2.75, 3.05) is 25.0 Å². The Kier molecular flexibility index (Phi) is 3.44. The molecule has 0 aliphatic carbocycles. The van der Waals surface area contributed by atoms with Crippen molar-refractivity contribution in [1.29, 1.82) is 0 Å². The lowest BCUT2D eigenvalue weighted by Crippen LogP contribution is -2.32. The van der Waals surface area contributed by atoms with Gasteiger partial charge >= 0.3 is 0 Å². The fraction of sp³-hybridized carbons (Fsp3) is 0.733. The fourth-order valence-corrected chi connectivity index (χ4v) is 3.38. The molecule has 0 aromatic carbocycles. The van der Waals surface area contributed by atoms with Crippen LogP contribution in [0, 0.1) is 5.41 Å². The summed E-state index contributed by atoms with van der Waals surface area (Å²) in [4.78, 5) is 19.0. The fourth-order valence-electron chi connectivity index (χ4n) is 3.38. The van der Waals surface area contributed by atoms with Gasteiger partial charge in [0.2, 0.25) is 5.95 Å². The molecule has 1 saturated heterocycles. The summed E-state index contributed by atoms with van der Waals surface area (Å²) >= 11 is 0. The molecule has 110 valence electrons. The van der Waals surface area contributed by atoms with E-state index >= 15 is 0 Å². The topological polar surface area (TPSA) is 50.2 Å². The molecule has 0 saturated carbocycles. The Bertz CT molecular complexity index is 480. The number of carbonyl (C=O) groups is 1. The first-order chi connectivity index (χ1) is 9.67. The number of carbonyl (C=O) groups excluding carboxylic acids is 1. The van der Waals surface area contributed by atoms with Crippen LogP contribution in [-0.2, 0) is 6.54 Å². The van der Waals surface area contributed by atoms with Crippen molar-refractivity contribution in [1.82, 2.24) is 14.5 Å². The average Bonchev–Trinajstić information content (AvgIpc) is 3.11. The van der Waals surface area contributed by atoms with Gasteiger partial charge in [-0.05, 0) is 31.1 Å². The van der Waals surface area contributed by atoms with Gasteiger partial charge in [0, 0.05) is 32.4 Å². The molecule has 0 unspecified atom stereocenters. The van der Waals surface area contributed by atoms with Gasteiger partial charge in [0.15, 0.2) is 0 Å². The second kappa shape index (κ2) is 5.11. The lowest BCUT2D eigenvalue weighted by atomic mass is 9.82. The molecule has 2 aliphatic heterocycles. The van der Waals surface area contributed by atoms with Gasteiger partial charge in [-0.2, -0.15) is 0 Å². The molecule has 0 spiro atoms. The van der Waals surface area contributed by atoms with E-state index in [-0.39, 0.29) is 5.91 Å². The van der Waals surface area contributed by atoms with Gasteiger partial charge in [-0.15, -0.1) is 0 Å². The maximum Gasteiger partial charge on any atom is 0.274 e. The summed E-state index contributed by atoms with van der Waals surface area (Å²) in [6.07, 6.45) is 6.41. The number of hydrogen-bond donors (Lipinski definition) is 1. The van der Waals surface area contributed by atoms with Crippen molar-refractivity contribution in [2.45, 2.75) is 46.1 Å². The van der Waals surface area contributed by atoms with Gasteiger partial charge in [-0.25, -0.2) is 4.98 Å². The molecule has 0 atom stereocenters. The first kappa shape index (κ1) is 13.5. The molecule has 1 aromatic heterocycles. The Morgan fingerprint density at radius 2 is 2.20 bits per heavy atom. The first-order valence-corrected chi connectivity index (χ1v) is 7.78. The molecule has 0 bridgehead atoms. The summed E-state index contributed by atoms with van der Waals surface area (Å²) in [5.74, 6) is 0.938. The van der Waals surface area contributed by atoms with Crippen molar-refractivity contribution in [3.05, 3.63) is 11.9 Å². The van der Waals surface area contributed by atoms with Crippen molar-refractivity contribution >= 4 is 11.9 Å². The van der Waals surface area contributed by atoms with E-state index < -0.39 is 0 Å². The van der Waals surface area contributed by atoms with Crippen molar-refractivity contribution < 1.29 is 4.79 Å². The Hall–Kier alpha value is -1.52. The Labute approximate surface area is 120 Å². The number of imidazole rings is 1. The van der Waals surface area contributed by atoms with Gasteiger partial charge in [-0.1, -0.05) is 13.8 Å². The van der Waals surface area contributed by atoms with E-state index in [1.807, 2.05) is 11.1 Å². The van der Waals surface area contributed by atoms with Crippen LogP contribution < -0.4 is 5.32 Å². The maximum atomic E-state index is 12.6. The molecule has 3 heterocycles. The predicted molar refractivity (Wildman–Crippen MR) is 78.9 cm³/mol. The summed E-state index contributed by atoms with van der Waals surface area (Å²) in [5, 5.41) is 3.25. The summed E-state index contributed by atoms with van der Waals surface area (Å²) < 4.78 is 2.06. The van der Waals surface area contributed by atoms with Crippen LogP contribution in [0.5, 0.6) is 0 Å². The lowest BCUT2D eigenvalue weighted by Gasteiger charge is -2.26. The van der Waals surface area contributed by atoms with E-state index in [0.29, 0.717) is 11.1 Å². The zero-order valence-electron chi connectivity index (χ0n) is 12.5. The van der Waals surface area contributed by atoms with Crippen molar-refractivity contribution in [3.8, 4) is 0 Å². The lowest BCUT2D eigenvalue weighted by molar-refractivity contribution is 0.0764. The molecular formula is C15H24N4O. The number of aromatic nitrogens is 2. The molecule has 1 aromatic rings. The summed E-state index contributed by atoms with van der Waals surface area (Å²) in [5.41, 5.74) is 0.921. The zero-order chi connectivity index (χ0) is 14.2. The molecule has 3 rings (SSSR count). The Morgan fingerprint density at radius 1 is 1.40 bits per heavy atom. The van der Waals surface area contributed by atoms with Crippen molar-refractivity contribution in [3.63, 3.8) is 0 Å². The van der Waals surface area contributed by atoms with Crippen LogP contribution in [0.1, 0.15) is 50.0 Å². The van der Waals surface area contributed by atoms with E-state index in [4.69, 9.17) is 0 Å². The van der Waals surface area contributed by atoms with Crippen LogP contribution in [0.15, 0.2) is 6.20 Å². The minimum atomic E-state index is 0.0949. The average molecular weight is 276 g/mol. The Balaban J connectivity index is 1.75. The van der Waals surface area contributed by atoms with E-state index in [1.165, 1.54) is 0 Å². The van der Waals surface area contributed by atoms with E-state index in [0.717, 1.165) is 57.8 Å². The number of amides is 1. The highest BCUT2D eigenvalue weighted by Crippen LogP contribution is 2.37. The minimum Gasteiger partial charge on any atom is -0.356 e. The van der Waals surface area contributed by atoms with E-state index in [1.54, 1.807) is 0 Å². The largest absolute Gasteiger partial charge is 0.356 e. The number of nitrogens with one attached hydrogen (secondary N) is 1. The molecule has 1 fully saturated rings. The summed E-state index contributed by atoms with van der Waals surface area (Å²) in [6, 6.07) is 0. The number of hydrogen-bond acceptors (Lipinski definition) is 3. The van der Waals surface area contributed by atoms with E-state index in [2.05, 4.69) is 28.7 Å². The minimum absolute atomic E-state index is 0.0949. The number of nitrogens with zero attached hydrogens (tertiary/aromatic N) is 3. The number of aryl methyl sites for hydroxylation is 1. The highest BCUT2D eigenvalue weighted by Gasteiger charge is 2.37. The van der Waals surface area contributed by atoms with Crippen LogP contribution >= 0.6 is 0 Å². The molecule has 20 heavy (non-hydrogen) atoms. The number of anilines is 1. The maximum absolute atomic E-state index is 12.6. The molecule has 1 N–H and O–H groups in total. The van der Waals surface area contributed by atoms with Gasteiger partial charge < -0.3 is 14.8 Å². The van der Waals surface area contributed by atoms with Gasteiger partial charge in [0.25, 0.3) is 5.91 Å². The summed E-state index contributed by atoms with van der Waals surface area (Å²) in [7, 11) is 0. The van der Waals surface area contributed by atoms with Crippen LogP contribution in [0.4, 0.5) is 5.95 Å². The molecule has 1 amide bonds. The smallest absolute Gasteiger partial charge is 0.274 e. The number of rotatable bonds is 3. The number of likely N-dealkylation sites (tertiary alicyclic amines) is 1. The van der Waals surface area contributed by atoms with Crippen LogP contribution in [-0.4, -0.2) is 40.0 Å². The third-order valence-electron chi connectivity index (χ3n) is 5.08. The molecule has 5 heteroatoms. The molecular weight excluding hydrogens is 252 g/mol. The normalized spacial score (nSPS) is 20.6. The molecule has 2 aliphatic rings. The highest BCUT2D eigenvalue weighted by atomic mass is 16.2. The quantitative estimate of drug-likeness (QED) is 0.922. The first-order valence-electron chi connectivity index (χ1n) is 7.78. The zero-order valence-corrected chi connectivity index (χ0v) is 12.5. The SMILES string of the molecule is CCC1(CC)CCN(C(=O)c2cn3c(n2)NCCC3)C1. The predicted octanol–water partition coefficient (Wildman–Crippen LogP) is 2.35. The monoisotopic (exact) mass is 276 g/mol. The van der Waals surface area contributed by atoms with Gasteiger partial charge in [-0.3, -0.25) is 4.79 Å². The summed E-state index contributed by atoms with van der Waals surface area (Å²) in [6.45, 7) is 8.12. The Morgan fingerprint density at radius 3 is 2.85 bits per heavy atom. The van der Waals surface area contributed by atoms with Crippen molar-refractivity contribution in [2.24, 2.45) is 5.41 Å². The van der Waals surface area contributed by atoms with Gasteiger partial charge in [0.05, 0.1) is 0 Å². The third kappa shape index (κ3) is 2.19. The molecule has 5 nitrogen and oxygen atoms in total. The second-order valence-electron chi connectivity index (χ2n) is 6.11. The number of fused-ring (bicyclic) bond motifs is 1. The van der Waals surface area contributed by atoms with E-state index in [9.17, 15) is 4.79 Å². The standard InChI is InChI=1S/C15H24N4O/c1-3-15(4-2)6-9-19(11-15)13(20)12-10-18-8-5-7-16-14(18)17-12/h10H,3-9,11H2,1-2H3,(H,16,17). The van der Waals surface area contributed by atoms with Crippen LogP contribution in [0.3, 0.4) is 0 Å².